The molecule has 0 amide bonds. The zero-order valence-corrected chi connectivity index (χ0v) is 34.5. The van der Waals surface area contributed by atoms with Crippen LogP contribution < -0.4 is 5.32 Å². The van der Waals surface area contributed by atoms with Crippen molar-refractivity contribution >= 4 is 5.70 Å². The predicted molar refractivity (Wildman–Crippen MR) is 252 cm³/mol. The van der Waals surface area contributed by atoms with Gasteiger partial charge in [0.05, 0.1) is 17.1 Å². The number of benzene rings is 6. The minimum absolute atomic E-state index is 0.347. The number of pyridine rings is 2. The first-order chi connectivity index (χ1) is 30.5. The van der Waals surface area contributed by atoms with Crippen molar-refractivity contribution in [1.82, 2.24) is 24.9 Å². The Morgan fingerprint density at radius 1 is 0.355 bits per heavy atom. The number of hydrogen-bond acceptors (Lipinski definition) is 5. The fourth-order valence-corrected chi connectivity index (χ4v) is 7.97. The Morgan fingerprint density at radius 2 is 0.823 bits per heavy atom. The monoisotopic (exact) mass is 799 g/mol. The number of quaternary nitrogens is 1. The van der Waals surface area contributed by atoms with E-state index < -0.39 is 0 Å². The molecule has 0 spiro atoms. The van der Waals surface area contributed by atoms with Crippen LogP contribution in [0.25, 0.3) is 95.9 Å². The third kappa shape index (κ3) is 8.28. The maximum Gasteiger partial charge on any atom is 0.164 e. The first kappa shape index (κ1) is 38.3. The van der Waals surface area contributed by atoms with Crippen molar-refractivity contribution in [2.75, 3.05) is 0 Å². The van der Waals surface area contributed by atoms with Crippen LogP contribution in [0.1, 0.15) is 18.2 Å². The number of rotatable bonds is 9. The quantitative estimate of drug-likeness (QED) is 0.157. The van der Waals surface area contributed by atoms with Gasteiger partial charge < -0.3 is 5.32 Å². The van der Waals surface area contributed by atoms with Crippen LogP contribution in [0.5, 0.6) is 0 Å². The lowest BCUT2D eigenvalue weighted by atomic mass is 9.93. The molecule has 0 radical (unpaired) electrons. The zero-order chi connectivity index (χ0) is 41.8. The maximum atomic E-state index is 5.32. The van der Waals surface area contributed by atoms with E-state index in [1.165, 1.54) is 5.70 Å². The van der Waals surface area contributed by atoms with E-state index in [1.54, 1.807) is 0 Å². The predicted octanol–water partition coefficient (Wildman–Crippen LogP) is 12.2. The summed E-state index contributed by atoms with van der Waals surface area (Å²) in [7, 11) is 0. The molecule has 0 aliphatic carbocycles. The topological polar surface area (TPSA) is 81.1 Å². The SMILES string of the molecule is Cc1cccc(-c2cc(C3=CC=CC(C)[NH2+]3)cc(-c3cc(-c4ccccc4)nc(-c4cccc(-c5cccc(-c6nc(-c7ccccc7)nc(-c7ccccc7)n6)c5)c4)c3)c2)n1. The van der Waals surface area contributed by atoms with Crippen LogP contribution in [0.4, 0.5) is 0 Å². The standard InChI is InChI=1S/C56H42N6/c1-37-16-12-28-50(57-37)48-32-46(33-49(34-48)51-29-13-17-38(2)58-51)47-35-52(39-18-6-3-7-19-39)59-53(36-47)44-26-14-24-42(30-44)43-25-15-27-45(31-43)56-61-54(40-20-8-4-9-21-40)60-55(62-56)41-22-10-5-11-23-41/h3-37,57H,1-2H3/p+1. The molecule has 6 heteroatoms. The van der Waals surface area contributed by atoms with Crippen molar-refractivity contribution in [3.63, 3.8) is 0 Å². The summed E-state index contributed by atoms with van der Waals surface area (Å²) >= 11 is 0. The van der Waals surface area contributed by atoms with Gasteiger partial charge in [0.1, 0.15) is 11.7 Å². The van der Waals surface area contributed by atoms with Crippen molar-refractivity contribution in [2.45, 2.75) is 19.9 Å². The molecule has 0 saturated heterocycles. The van der Waals surface area contributed by atoms with Crippen molar-refractivity contribution in [1.29, 1.82) is 0 Å². The highest BCUT2D eigenvalue weighted by molar-refractivity contribution is 5.83. The Hall–Kier alpha value is -7.93. The molecule has 1 aliphatic heterocycles. The molecule has 0 fully saturated rings. The van der Waals surface area contributed by atoms with Gasteiger partial charge in [0.25, 0.3) is 0 Å². The lowest BCUT2D eigenvalue weighted by Crippen LogP contribution is -2.86. The lowest BCUT2D eigenvalue weighted by molar-refractivity contribution is -0.588. The lowest BCUT2D eigenvalue weighted by Gasteiger charge is -2.16. The van der Waals surface area contributed by atoms with E-state index >= 15 is 0 Å². The summed E-state index contributed by atoms with van der Waals surface area (Å²) in [6, 6.07) is 65.5. The smallest absolute Gasteiger partial charge is 0.164 e. The molecule has 3 aromatic heterocycles. The molecule has 9 aromatic rings. The molecule has 6 nitrogen and oxygen atoms in total. The van der Waals surface area contributed by atoms with Crippen LogP contribution in [0.3, 0.4) is 0 Å². The molecular formula is C56H43N6+. The molecule has 1 aliphatic rings. The molecular weight excluding hydrogens is 757 g/mol. The number of hydrogen-bond donors (Lipinski definition) is 1. The average molecular weight is 800 g/mol. The summed E-state index contributed by atoms with van der Waals surface area (Å²) in [6.45, 7) is 4.26. The van der Waals surface area contributed by atoms with Crippen LogP contribution in [0.2, 0.25) is 0 Å². The largest absolute Gasteiger partial charge is 0.308 e. The Labute approximate surface area is 362 Å². The van der Waals surface area contributed by atoms with Crippen molar-refractivity contribution < 1.29 is 5.32 Å². The first-order valence-electron chi connectivity index (χ1n) is 21.0. The minimum atomic E-state index is 0.347. The van der Waals surface area contributed by atoms with E-state index in [0.29, 0.717) is 23.5 Å². The van der Waals surface area contributed by atoms with Crippen molar-refractivity contribution in [3.8, 4) is 90.2 Å². The van der Waals surface area contributed by atoms with Gasteiger partial charge >= 0.3 is 0 Å². The zero-order valence-electron chi connectivity index (χ0n) is 34.5. The van der Waals surface area contributed by atoms with E-state index in [2.05, 4.69) is 146 Å². The van der Waals surface area contributed by atoms with Crippen LogP contribution >= 0.6 is 0 Å². The van der Waals surface area contributed by atoms with Gasteiger partial charge in [-0.25, -0.2) is 19.9 Å². The molecule has 10 rings (SSSR count). The summed E-state index contributed by atoms with van der Waals surface area (Å²) in [5.41, 5.74) is 16.3. The number of allylic oxidation sites excluding steroid dienone is 2. The van der Waals surface area contributed by atoms with Gasteiger partial charge in [-0.15, -0.1) is 0 Å². The number of aromatic nitrogens is 5. The van der Waals surface area contributed by atoms with E-state index in [9.17, 15) is 0 Å². The molecule has 6 aromatic carbocycles. The van der Waals surface area contributed by atoms with Crippen LogP contribution in [0, 0.1) is 6.92 Å². The van der Waals surface area contributed by atoms with Crippen LogP contribution in [-0.2, 0) is 0 Å². The van der Waals surface area contributed by atoms with Gasteiger partial charge in [-0.2, -0.15) is 0 Å². The Balaban J connectivity index is 1.08. The minimum Gasteiger partial charge on any atom is -0.308 e. The second-order valence-electron chi connectivity index (χ2n) is 15.7. The molecule has 1 unspecified atom stereocenters. The second-order valence-corrected chi connectivity index (χ2v) is 15.7. The van der Waals surface area contributed by atoms with Gasteiger partial charge in [0.2, 0.25) is 0 Å². The Kier molecular flexibility index (Phi) is 10.5. The van der Waals surface area contributed by atoms with Gasteiger partial charge in [0.15, 0.2) is 17.5 Å². The Morgan fingerprint density at radius 3 is 1.45 bits per heavy atom. The van der Waals surface area contributed by atoms with Gasteiger partial charge in [-0.05, 0) is 103 Å². The van der Waals surface area contributed by atoms with Gasteiger partial charge in [-0.3, -0.25) is 4.98 Å². The summed E-state index contributed by atoms with van der Waals surface area (Å²) < 4.78 is 0. The average Bonchev–Trinajstić information content (AvgIpc) is 3.34. The fourth-order valence-electron chi connectivity index (χ4n) is 7.97. The molecule has 1 atom stereocenters. The van der Waals surface area contributed by atoms with Gasteiger partial charge in [-0.1, -0.05) is 140 Å². The summed E-state index contributed by atoms with van der Waals surface area (Å²) in [6.07, 6.45) is 6.58. The normalized spacial score (nSPS) is 13.5. The highest BCUT2D eigenvalue weighted by Crippen LogP contribution is 2.36. The Bertz CT molecular complexity index is 3060. The molecule has 0 bridgehead atoms. The molecule has 296 valence electrons. The maximum absolute atomic E-state index is 5.32. The fraction of sp³-hybridized carbons (Fsp3) is 0.0536. The number of nitrogens with two attached hydrogens (primary N) is 1. The van der Waals surface area contributed by atoms with E-state index in [4.69, 9.17) is 24.9 Å². The third-order valence-electron chi connectivity index (χ3n) is 11.1. The second kappa shape index (κ2) is 17.0. The van der Waals surface area contributed by atoms with Gasteiger partial charge in [0, 0.05) is 44.6 Å². The number of nitrogens with zero attached hydrogens (tertiary/aromatic N) is 5. The molecule has 62 heavy (non-hydrogen) atoms. The summed E-state index contributed by atoms with van der Waals surface area (Å²) in [5, 5.41) is 2.33. The highest BCUT2D eigenvalue weighted by Gasteiger charge is 2.18. The summed E-state index contributed by atoms with van der Waals surface area (Å²) in [4.78, 5) is 25.2. The molecule has 2 N–H and O–H groups in total. The van der Waals surface area contributed by atoms with Crippen molar-refractivity contribution in [2.24, 2.45) is 0 Å². The molecule has 4 heterocycles. The number of aryl methyl sites for hydroxylation is 1. The van der Waals surface area contributed by atoms with E-state index in [0.717, 1.165) is 84.0 Å². The summed E-state index contributed by atoms with van der Waals surface area (Å²) in [5.74, 6) is 1.89. The van der Waals surface area contributed by atoms with Crippen molar-refractivity contribution in [3.05, 3.63) is 218 Å². The van der Waals surface area contributed by atoms with E-state index in [1.807, 2.05) is 79.7 Å². The van der Waals surface area contributed by atoms with Crippen LogP contribution in [-0.4, -0.2) is 31.0 Å². The van der Waals surface area contributed by atoms with E-state index in [-0.39, 0.29) is 0 Å². The third-order valence-corrected chi connectivity index (χ3v) is 11.1. The first-order valence-corrected chi connectivity index (χ1v) is 21.0. The van der Waals surface area contributed by atoms with Crippen LogP contribution in [0.15, 0.2) is 206 Å². The highest BCUT2D eigenvalue weighted by atomic mass is 15.0. The molecule has 0 saturated carbocycles.